The summed E-state index contributed by atoms with van der Waals surface area (Å²) in [6.45, 7) is 7.97. The Bertz CT molecular complexity index is 358. The molecule has 0 aromatic carbocycles. The molecule has 0 bridgehead atoms. The Morgan fingerprint density at radius 2 is 2.11 bits per heavy atom. The number of hydrogen-bond acceptors (Lipinski definition) is 4. The number of nitrogens with zero attached hydrogens (tertiary/aromatic N) is 2. The van der Waals surface area contributed by atoms with Crippen molar-refractivity contribution < 1.29 is 19.1 Å². The molecular weight excluding hydrogens is 248 g/mol. The van der Waals surface area contributed by atoms with Crippen LogP contribution in [0.5, 0.6) is 0 Å². The van der Waals surface area contributed by atoms with E-state index in [9.17, 15) is 9.59 Å². The van der Waals surface area contributed by atoms with Gasteiger partial charge >= 0.3 is 6.09 Å². The summed E-state index contributed by atoms with van der Waals surface area (Å²) in [6, 6.07) is 0.174. The second-order valence-electron chi connectivity index (χ2n) is 6.01. The molecule has 0 saturated carbocycles. The zero-order chi connectivity index (χ0) is 14.0. The summed E-state index contributed by atoms with van der Waals surface area (Å²) in [5.74, 6) is -0.0207. The molecule has 108 valence electrons. The van der Waals surface area contributed by atoms with Crippen LogP contribution in [0.3, 0.4) is 0 Å². The van der Waals surface area contributed by atoms with Gasteiger partial charge in [0, 0.05) is 19.7 Å². The van der Waals surface area contributed by atoms with Gasteiger partial charge < -0.3 is 14.4 Å². The van der Waals surface area contributed by atoms with Crippen molar-refractivity contribution in [1.82, 2.24) is 9.80 Å². The van der Waals surface area contributed by atoms with E-state index in [4.69, 9.17) is 9.47 Å². The number of piperazine rings is 1. The van der Waals surface area contributed by atoms with Crippen molar-refractivity contribution in [2.75, 3.05) is 32.8 Å². The van der Waals surface area contributed by atoms with E-state index >= 15 is 0 Å². The topological polar surface area (TPSA) is 59.1 Å². The van der Waals surface area contributed by atoms with Gasteiger partial charge in [0.05, 0.1) is 12.6 Å². The standard InChI is InChI=1S/C13H22N2O4/c1-13(2,3)19-12(17)14-5-6-15(11(16)8-14)10-4-7-18-9-10/h10H,4-9H2,1-3H3/t10-/m1/s1. The monoisotopic (exact) mass is 270 g/mol. The highest BCUT2D eigenvalue weighted by Crippen LogP contribution is 2.17. The van der Waals surface area contributed by atoms with Gasteiger partial charge in [-0.1, -0.05) is 0 Å². The van der Waals surface area contributed by atoms with Gasteiger partial charge in [-0.15, -0.1) is 0 Å². The highest BCUT2D eigenvalue weighted by atomic mass is 16.6. The van der Waals surface area contributed by atoms with Crippen LogP contribution in [0.2, 0.25) is 0 Å². The van der Waals surface area contributed by atoms with Crippen LogP contribution in [0.25, 0.3) is 0 Å². The average molecular weight is 270 g/mol. The van der Waals surface area contributed by atoms with Gasteiger partial charge in [-0.25, -0.2) is 4.79 Å². The zero-order valence-electron chi connectivity index (χ0n) is 11.8. The molecule has 2 rings (SSSR count). The molecule has 0 radical (unpaired) electrons. The molecule has 0 aliphatic carbocycles. The van der Waals surface area contributed by atoms with E-state index in [0.717, 1.165) is 6.42 Å². The summed E-state index contributed by atoms with van der Waals surface area (Å²) in [6.07, 6.45) is 0.473. The van der Waals surface area contributed by atoms with Crippen molar-refractivity contribution in [1.29, 1.82) is 0 Å². The van der Waals surface area contributed by atoms with Crippen molar-refractivity contribution in [3.63, 3.8) is 0 Å². The summed E-state index contributed by atoms with van der Waals surface area (Å²) in [7, 11) is 0. The van der Waals surface area contributed by atoms with Gasteiger partial charge in [-0.3, -0.25) is 9.69 Å². The van der Waals surface area contributed by atoms with Crippen LogP contribution in [0, 0.1) is 0 Å². The second-order valence-corrected chi connectivity index (χ2v) is 6.01. The van der Waals surface area contributed by atoms with Gasteiger partial charge in [0.2, 0.25) is 5.91 Å². The highest BCUT2D eigenvalue weighted by Gasteiger charge is 2.34. The lowest BCUT2D eigenvalue weighted by atomic mass is 10.2. The summed E-state index contributed by atoms with van der Waals surface area (Å²) < 4.78 is 10.6. The predicted octanol–water partition coefficient (Wildman–Crippen LogP) is 0.855. The molecule has 0 aromatic heterocycles. The maximum atomic E-state index is 12.1. The Morgan fingerprint density at radius 1 is 1.37 bits per heavy atom. The van der Waals surface area contributed by atoms with Crippen LogP contribution in [0.1, 0.15) is 27.2 Å². The molecule has 2 saturated heterocycles. The Labute approximate surface area is 113 Å². The Balaban J connectivity index is 1.89. The maximum Gasteiger partial charge on any atom is 0.410 e. The first-order valence-electron chi connectivity index (χ1n) is 6.72. The molecule has 2 aliphatic heterocycles. The Morgan fingerprint density at radius 3 is 2.63 bits per heavy atom. The smallest absolute Gasteiger partial charge is 0.410 e. The first-order chi connectivity index (χ1) is 8.87. The molecule has 0 aromatic rings. The van der Waals surface area contributed by atoms with Crippen molar-refractivity contribution in [3.8, 4) is 0 Å². The minimum absolute atomic E-state index is 0.0207. The maximum absolute atomic E-state index is 12.1. The number of carbonyl (C=O) groups excluding carboxylic acids is 2. The van der Waals surface area contributed by atoms with E-state index in [2.05, 4.69) is 0 Å². The lowest BCUT2D eigenvalue weighted by Gasteiger charge is -2.37. The van der Waals surface area contributed by atoms with Crippen LogP contribution in [-0.2, 0) is 14.3 Å². The molecule has 2 amide bonds. The second kappa shape index (κ2) is 5.36. The molecule has 0 spiro atoms. The lowest BCUT2D eigenvalue weighted by Crippen LogP contribution is -2.56. The molecule has 2 fully saturated rings. The fraction of sp³-hybridized carbons (Fsp3) is 0.846. The summed E-state index contributed by atoms with van der Waals surface area (Å²) >= 11 is 0. The van der Waals surface area contributed by atoms with Crippen LogP contribution in [0.15, 0.2) is 0 Å². The molecule has 1 atom stereocenters. The lowest BCUT2D eigenvalue weighted by molar-refractivity contribution is -0.138. The van der Waals surface area contributed by atoms with E-state index in [0.29, 0.717) is 26.3 Å². The van der Waals surface area contributed by atoms with E-state index in [-0.39, 0.29) is 18.5 Å². The molecular formula is C13H22N2O4. The highest BCUT2D eigenvalue weighted by molar-refractivity contribution is 5.84. The number of carbonyl (C=O) groups is 2. The van der Waals surface area contributed by atoms with Crippen molar-refractivity contribution in [2.45, 2.75) is 38.8 Å². The van der Waals surface area contributed by atoms with E-state index in [1.807, 2.05) is 25.7 Å². The molecule has 19 heavy (non-hydrogen) atoms. The minimum atomic E-state index is -0.531. The Hall–Kier alpha value is -1.30. The van der Waals surface area contributed by atoms with Crippen molar-refractivity contribution >= 4 is 12.0 Å². The van der Waals surface area contributed by atoms with Gasteiger partial charge in [0.15, 0.2) is 0 Å². The quantitative estimate of drug-likeness (QED) is 0.709. The molecule has 0 N–H and O–H groups in total. The fourth-order valence-corrected chi connectivity index (χ4v) is 2.32. The third-order valence-corrected chi connectivity index (χ3v) is 3.26. The first-order valence-corrected chi connectivity index (χ1v) is 6.72. The van der Waals surface area contributed by atoms with Gasteiger partial charge in [0.25, 0.3) is 0 Å². The van der Waals surface area contributed by atoms with Crippen molar-refractivity contribution in [2.24, 2.45) is 0 Å². The van der Waals surface area contributed by atoms with E-state index in [1.165, 1.54) is 4.90 Å². The number of hydrogen-bond donors (Lipinski definition) is 0. The van der Waals surface area contributed by atoms with Gasteiger partial charge in [-0.2, -0.15) is 0 Å². The van der Waals surface area contributed by atoms with E-state index in [1.54, 1.807) is 0 Å². The summed E-state index contributed by atoms with van der Waals surface area (Å²) in [4.78, 5) is 27.3. The number of ether oxygens (including phenoxy) is 2. The summed E-state index contributed by atoms with van der Waals surface area (Å²) in [5.41, 5.74) is -0.531. The van der Waals surface area contributed by atoms with Crippen LogP contribution < -0.4 is 0 Å². The zero-order valence-corrected chi connectivity index (χ0v) is 11.8. The molecule has 2 heterocycles. The third kappa shape index (κ3) is 3.59. The minimum Gasteiger partial charge on any atom is -0.444 e. The Kier molecular flexibility index (Phi) is 3.99. The van der Waals surface area contributed by atoms with Gasteiger partial charge in [-0.05, 0) is 27.2 Å². The van der Waals surface area contributed by atoms with E-state index < -0.39 is 11.7 Å². The third-order valence-electron chi connectivity index (χ3n) is 3.26. The summed E-state index contributed by atoms with van der Waals surface area (Å²) in [5, 5.41) is 0. The molecule has 0 unspecified atom stereocenters. The largest absolute Gasteiger partial charge is 0.444 e. The average Bonchev–Trinajstić information content (AvgIpc) is 2.79. The fourth-order valence-electron chi connectivity index (χ4n) is 2.32. The molecule has 6 heteroatoms. The van der Waals surface area contributed by atoms with Crippen LogP contribution in [-0.4, -0.2) is 66.3 Å². The van der Waals surface area contributed by atoms with Crippen molar-refractivity contribution in [3.05, 3.63) is 0 Å². The molecule has 6 nitrogen and oxygen atoms in total. The normalized spacial score (nSPS) is 24.8. The van der Waals surface area contributed by atoms with Crippen LogP contribution in [0.4, 0.5) is 4.79 Å². The van der Waals surface area contributed by atoms with Gasteiger partial charge in [0.1, 0.15) is 12.1 Å². The predicted molar refractivity (Wildman–Crippen MR) is 68.7 cm³/mol. The number of rotatable bonds is 1. The molecule has 2 aliphatic rings. The van der Waals surface area contributed by atoms with Crippen LogP contribution >= 0.6 is 0 Å². The SMILES string of the molecule is CC(C)(C)OC(=O)N1CCN([C@@H]2CCOC2)C(=O)C1. The number of amides is 2. The first kappa shape index (κ1) is 14.1.